The summed E-state index contributed by atoms with van der Waals surface area (Å²) in [5.41, 5.74) is -1.11. The van der Waals surface area contributed by atoms with Crippen LogP contribution in [0.1, 0.15) is 17.8 Å². The number of hydrogen-bond donors (Lipinski definition) is 2. The maximum absolute atomic E-state index is 12.7. The molecule has 0 radical (unpaired) electrons. The van der Waals surface area contributed by atoms with E-state index in [0.717, 1.165) is 10.9 Å². The molecule has 0 spiro atoms. The van der Waals surface area contributed by atoms with Gasteiger partial charge in [-0.1, -0.05) is 11.6 Å². The van der Waals surface area contributed by atoms with E-state index in [4.69, 9.17) is 11.6 Å². The number of alkyl halides is 3. The van der Waals surface area contributed by atoms with Gasteiger partial charge in [0.15, 0.2) is 5.69 Å². The van der Waals surface area contributed by atoms with Gasteiger partial charge in [0, 0.05) is 13.1 Å². The van der Waals surface area contributed by atoms with Crippen molar-refractivity contribution in [2.45, 2.75) is 26.1 Å². The van der Waals surface area contributed by atoms with Crippen molar-refractivity contribution >= 4 is 23.1 Å². The van der Waals surface area contributed by atoms with Gasteiger partial charge in [-0.05, 0) is 13.3 Å². The first kappa shape index (κ1) is 17.1. The van der Waals surface area contributed by atoms with E-state index in [1.54, 1.807) is 0 Å². The van der Waals surface area contributed by atoms with Crippen molar-refractivity contribution in [2.24, 2.45) is 0 Å². The predicted octanol–water partition coefficient (Wildman–Crippen LogP) is 3.00. The third kappa shape index (κ3) is 3.73. The SMILES string of the molecule is Cc1c(Cl)c(C(F)(F)F)nn1CCCNc1[nH]ncc1[N+](=O)[O-]. The summed E-state index contributed by atoms with van der Waals surface area (Å²) in [4.78, 5) is 10.1. The molecule has 2 N–H and O–H groups in total. The molecule has 0 amide bonds. The normalized spacial score (nSPS) is 11.7. The minimum absolute atomic E-state index is 0.140. The lowest BCUT2D eigenvalue weighted by molar-refractivity contribution is -0.384. The number of aromatic nitrogens is 4. The van der Waals surface area contributed by atoms with Gasteiger partial charge < -0.3 is 5.32 Å². The summed E-state index contributed by atoms with van der Waals surface area (Å²) in [5, 5.41) is 22.5. The van der Waals surface area contributed by atoms with Crippen LogP contribution in [-0.4, -0.2) is 31.4 Å². The fraction of sp³-hybridized carbons (Fsp3) is 0.455. The molecule has 2 aromatic heterocycles. The molecule has 126 valence electrons. The maximum atomic E-state index is 12.7. The Morgan fingerprint density at radius 3 is 2.78 bits per heavy atom. The lowest BCUT2D eigenvalue weighted by Gasteiger charge is -2.06. The van der Waals surface area contributed by atoms with Crippen LogP contribution in [0.4, 0.5) is 24.7 Å². The molecule has 0 aliphatic carbocycles. The van der Waals surface area contributed by atoms with Crippen molar-refractivity contribution in [2.75, 3.05) is 11.9 Å². The summed E-state index contributed by atoms with van der Waals surface area (Å²) in [6.45, 7) is 1.90. The molecule has 0 fully saturated rings. The van der Waals surface area contributed by atoms with Crippen molar-refractivity contribution in [1.82, 2.24) is 20.0 Å². The lowest BCUT2D eigenvalue weighted by atomic mass is 10.3. The van der Waals surface area contributed by atoms with Gasteiger partial charge >= 0.3 is 11.9 Å². The minimum atomic E-state index is -4.61. The summed E-state index contributed by atoms with van der Waals surface area (Å²) in [5.74, 6) is 0.140. The van der Waals surface area contributed by atoms with Crippen LogP contribution in [0.5, 0.6) is 0 Å². The van der Waals surface area contributed by atoms with Crippen molar-refractivity contribution in [1.29, 1.82) is 0 Å². The number of hydrogen-bond acceptors (Lipinski definition) is 5. The molecule has 0 aliphatic rings. The molecule has 2 aromatic rings. The van der Waals surface area contributed by atoms with Gasteiger partial charge in [-0.2, -0.15) is 23.4 Å². The smallest absolute Gasteiger partial charge is 0.365 e. The van der Waals surface area contributed by atoms with Gasteiger partial charge in [-0.15, -0.1) is 0 Å². The van der Waals surface area contributed by atoms with Gasteiger partial charge in [-0.3, -0.25) is 19.9 Å². The highest BCUT2D eigenvalue weighted by atomic mass is 35.5. The number of aryl methyl sites for hydroxylation is 1. The zero-order valence-corrected chi connectivity index (χ0v) is 12.6. The molecule has 2 rings (SSSR count). The van der Waals surface area contributed by atoms with Gasteiger partial charge in [0.2, 0.25) is 5.82 Å². The Labute approximate surface area is 132 Å². The highest BCUT2D eigenvalue weighted by Crippen LogP contribution is 2.35. The molecule has 8 nitrogen and oxygen atoms in total. The van der Waals surface area contributed by atoms with E-state index in [0.29, 0.717) is 6.42 Å². The van der Waals surface area contributed by atoms with E-state index in [1.165, 1.54) is 6.92 Å². The van der Waals surface area contributed by atoms with Gasteiger partial charge in [-0.25, -0.2) is 0 Å². The summed E-state index contributed by atoms with van der Waals surface area (Å²) in [7, 11) is 0. The monoisotopic (exact) mass is 352 g/mol. The summed E-state index contributed by atoms with van der Waals surface area (Å²) in [6, 6.07) is 0. The van der Waals surface area contributed by atoms with Crippen LogP contribution in [0.15, 0.2) is 6.20 Å². The zero-order valence-electron chi connectivity index (χ0n) is 11.8. The average molecular weight is 353 g/mol. The Kier molecular flexibility index (Phi) is 4.78. The van der Waals surface area contributed by atoms with E-state index in [1.807, 2.05) is 0 Å². The average Bonchev–Trinajstić information content (AvgIpc) is 3.02. The summed E-state index contributed by atoms with van der Waals surface area (Å²) >= 11 is 5.64. The molecule has 23 heavy (non-hydrogen) atoms. The second-order valence-electron chi connectivity index (χ2n) is 4.64. The largest absolute Gasteiger partial charge is 0.436 e. The van der Waals surface area contributed by atoms with Crippen molar-refractivity contribution in [3.05, 3.63) is 32.7 Å². The molecule has 0 atom stereocenters. The fourth-order valence-electron chi connectivity index (χ4n) is 1.91. The van der Waals surface area contributed by atoms with Gasteiger partial charge in [0.25, 0.3) is 0 Å². The first-order valence-electron chi connectivity index (χ1n) is 6.43. The van der Waals surface area contributed by atoms with Crippen molar-refractivity contribution in [3.63, 3.8) is 0 Å². The Morgan fingerprint density at radius 2 is 2.22 bits per heavy atom. The predicted molar refractivity (Wildman–Crippen MR) is 75.3 cm³/mol. The fourth-order valence-corrected chi connectivity index (χ4v) is 2.16. The first-order valence-corrected chi connectivity index (χ1v) is 6.81. The van der Waals surface area contributed by atoms with Crippen LogP contribution in [0.3, 0.4) is 0 Å². The highest BCUT2D eigenvalue weighted by Gasteiger charge is 2.38. The second kappa shape index (κ2) is 6.44. The summed E-state index contributed by atoms with van der Waals surface area (Å²) < 4.78 is 39.2. The Hall–Kier alpha value is -2.30. The highest BCUT2D eigenvalue weighted by molar-refractivity contribution is 6.31. The molecule has 0 unspecified atom stereocenters. The Balaban J connectivity index is 1.95. The van der Waals surface area contributed by atoms with Gasteiger partial charge in [0.1, 0.15) is 6.20 Å². The number of rotatable bonds is 6. The van der Waals surface area contributed by atoms with E-state index < -0.39 is 21.8 Å². The molecular formula is C11H12ClF3N6O2. The molecule has 0 saturated heterocycles. The molecule has 0 aliphatic heterocycles. The van der Waals surface area contributed by atoms with E-state index in [9.17, 15) is 23.3 Å². The standard InChI is InChI=1S/C11H12ClF3N6O2/c1-6-8(12)9(11(13,14)15)19-20(6)4-2-3-16-10-7(21(22)23)5-17-18-10/h5H,2-4H2,1H3,(H2,16,17,18). The number of nitro groups is 1. The third-order valence-corrected chi connectivity index (χ3v) is 3.52. The van der Waals surface area contributed by atoms with E-state index >= 15 is 0 Å². The number of anilines is 1. The third-order valence-electron chi connectivity index (χ3n) is 3.07. The van der Waals surface area contributed by atoms with Crippen molar-refractivity contribution in [3.8, 4) is 0 Å². The molecular weight excluding hydrogens is 341 g/mol. The lowest BCUT2D eigenvalue weighted by Crippen LogP contribution is -2.11. The van der Waals surface area contributed by atoms with Crippen LogP contribution in [-0.2, 0) is 12.7 Å². The molecule has 0 saturated carbocycles. The molecule has 2 heterocycles. The number of nitrogens with zero attached hydrogens (tertiary/aromatic N) is 4. The topological polar surface area (TPSA) is 102 Å². The maximum Gasteiger partial charge on any atom is 0.436 e. The first-order chi connectivity index (χ1) is 10.7. The minimum Gasteiger partial charge on any atom is -0.365 e. The Bertz CT molecular complexity index is 711. The number of halogens is 4. The van der Waals surface area contributed by atoms with Crippen LogP contribution in [0.25, 0.3) is 0 Å². The van der Waals surface area contributed by atoms with E-state index in [-0.39, 0.29) is 30.3 Å². The second-order valence-corrected chi connectivity index (χ2v) is 5.01. The van der Waals surface area contributed by atoms with Crippen LogP contribution >= 0.6 is 11.6 Å². The van der Waals surface area contributed by atoms with Crippen LogP contribution in [0.2, 0.25) is 5.02 Å². The van der Waals surface area contributed by atoms with Gasteiger partial charge in [0.05, 0.1) is 15.6 Å². The zero-order chi connectivity index (χ0) is 17.2. The molecule has 12 heteroatoms. The number of nitrogens with one attached hydrogen (secondary N) is 2. The number of H-pyrrole nitrogens is 1. The van der Waals surface area contributed by atoms with Crippen LogP contribution < -0.4 is 5.32 Å². The molecule has 0 bridgehead atoms. The van der Waals surface area contributed by atoms with E-state index in [2.05, 4.69) is 20.6 Å². The van der Waals surface area contributed by atoms with Crippen LogP contribution in [0, 0.1) is 17.0 Å². The Morgan fingerprint density at radius 1 is 1.52 bits per heavy atom. The quantitative estimate of drug-likeness (QED) is 0.472. The number of aromatic amines is 1. The molecule has 0 aromatic carbocycles. The van der Waals surface area contributed by atoms with Crippen molar-refractivity contribution < 1.29 is 18.1 Å². The summed E-state index contributed by atoms with van der Waals surface area (Å²) in [6.07, 6.45) is -3.16.